The molecule has 1 heterocycles. The Morgan fingerprint density at radius 1 is 1.56 bits per heavy atom. The summed E-state index contributed by atoms with van der Waals surface area (Å²) >= 11 is 3.18. The Morgan fingerprint density at radius 2 is 2.33 bits per heavy atom. The molecule has 9 heavy (non-hydrogen) atoms. The van der Waals surface area contributed by atoms with Gasteiger partial charge in [0.1, 0.15) is 5.82 Å². The van der Waals surface area contributed by atoms with Crippen molar-refractivity contribution in [3.05, 3.63) is 28.0 Å². The van der Waals surface area contributed by atoms with Crippen molar-refractivity contribution in [1.82, 2.24) is 4.98 Å². The number of halogens is 1. The molecule has 1 rings (SSSR count). The van der Waals surface area contributed by atoms with Crippen molar-refractivity contribution in [3.63, 3.8) is 0 Å². The maximum atomic E-state index is 9.91. The fourth-order valence-corrected chi connectivity index (χ4v) is 0.671. The van der Waals surface area contributed by atoms with Crippen LogP contribution in [0, 0.1) is 5.21 Å². The number of hydrogen-bond acceptors (Lipinski definition) is 3. The normalized spacial score (nSPS) is 9.11. The van der Waals surface area contributed by atoms with Crippen LogP contribution in [0.5, 0.6) is 0 Å². The van der Waals surface area contributed by atoms with E-state index in [1.54, 1.807) is 23.8 Å². The molecule has 0 aliphatic carbocycles. The summed E-state index contributed by atoms with van der Waals surface area (Å²) in [5.41, 5.74) is 1.67. The van der Waals surface area contributed by atoms with Crippen LogP contribution in [0.1, 0.15) is 0 Å². The molecule has 0 aromatic carbocycles. The molecule has 0 unspecified atom stereocenters. The third-order valence-corrected chi connectivity index (χ3v) is 1.30. The summed E-state index contributed by atoms with van der Waals surface area (Å²) in [7, 11) is 0. The number of hydrogen-bond donors (Lipinski definition) is 1. The highest BCUT2D eigenvalue weighted by Crippen LogP contribution is 2.09. The predicted octanol–water partition coefficient (Wildman–Crippen LogP) is 1.75. The third kappa shape index (κ3) is 1.65. The second-order valence-electron chi connectivity index (χ2n) is 1.46. The molecule has 3 nitrogen and oxygen atoms in total. The van der Waals surface area contributed by atoms with E-state index in [4.69, 9.17) is 0 Å². The van der Waals surface area contributed by atoms with Crippen molar-refractivity contribution >= 4 is 21.7 Å². The van der Waals surface area contributed by atoms with Gasteiger partial charge >= 0.3 is 0 Å². The highest BCUT2D eigenvalue weighted by Gasteiger charge is 1.84. The first-order valence-electron chi connectivity index (χ1n) is 2.32. The molecule has 1 aromatic rings. The van der Waals surface area contributed by atoms with E-state index in [1.165, 1.54) is 0 Å². The van der Waals surface area contributed by atoms with Gasteiger partial charge in [-0.2, -0.15) is 0 Å². The molecule has 0 atom stereocenters. The van der Waals surface area contributed by atoms with E-state index >= 15 is 0 Å². The van der Waals surface area contributed by atoms with Gasteiger partial charge < -0.3 is 10.7 Å². The van der Waals surface area contributed by atoms with E-state index in [1.807, 2.05) is 0 Å². The minimum Gasteiger partial charge on any atom is -0.760 e. The van der Waals surface area contributed by atoms with Gasteiger partial charge in [-0.3, -0.25) is 0 Å². The first kappa shape index (κ1) is 6.51. The summed E-state index contributed by atoms with van der Waals surface area (Å²) in [6.45, 7) is 0. The van der Waals surface area contributed by atoms with E-state index in [0.717, 1.165) is 4.47 Å². The Balaban J connectivity index is 2.88. The predicted molar refractivity (Wildman–Crippen MR) is 38.9 cm³/mol. The lowest BCUT2D eigenvalue weighted by atomic mass is 10.5. The number of nitrogens with one attached hydrogen (secondary N) is 1. The molecule has 0 saturated heterocycles. The molecule has 0 spiro atoms. The maximum absolute atomic E-state index is 9.91. The summed E-state index contributed by atoms with van der Waals surface area (Å²) in [6, 6.07) is 3.34. The van der Waals surface area contributed by atoms with Gasteiger partial charge in [-0.05, 0) is 28.1 Å². The van der Waals surface area contributed by atoms with Crippen LogP contribution < -0.4 is 5.48 Å². The fraction of sp³-hybridized carbons (Fsp3) is 0. The standard InChI is InChI=1S/C5H4BrN2O/c6-4-1-2-5(8-9)7-3-4/h1-3H,(H-,7,8,9)/q-1. The average Bonchev–Trinajstić information content (AvgIpc) is 1.90. The minimum atomic E-state index is 0.332. The number of anilines is 1. The molecule has 0 saturated carbocycles. The maximum Gasteiger partial charge on any atom is 0.115 e. The summed E-state index contributed by atoms with van der Waals surface area (Å²) in [4.78, 5) is 3.73. The molecule has 0 aliphatic heterocycles. The van der Waals surface area contributed by atoms with Crippen LogP contribution in [0.3, 0.4) is 0 Å². The molecule has 4 heteroatoms. The van der Waals surface area contributed by atoms with Crippen LogP contribution in [-0.2, 0) is 0 Å². The molecular weight excluding hydrogens is 184 g/mol. The van der Waals surface area contributed by atoms with Gasteiger partial charge in [-0.1, -0.05) is 0 Å². The average molecular weight is 188 g/mol. The van der Waals surface area contributed by atoms with Crippen LogP contribution in [0.15, 0.2) is 22.8 Å². The highest BCUT2D eigenvalue weighted by molar-refractivity contribution is 9.10. The lowest BCUT2D eigenvalue weighted by Crippen LogP contribution is -1.86. The second-order valence-corrected chi connectivity index (χ2v) is 2.38. The Kier molecular flexibility index (Phi) is 2.02. The van der Waals surface area contributed by atoms with Gasteiger partial charge in [-0.25, -0.2) is 4.98 Å². The smallest absolute Gasteiger partial charge is 0.115 e. The van der Waals surface area contributed by atoms with Crippen molar-refractivity contribution in [2.75, 3.05) is 5.48 Å². The summed E-state index contributed by atoms with van der Waals surface area (Å²) in [6.07, 6.45) is 1.56. The molecule has 0 aliphatic rings. The van der Waals surface area contributed by atoms with E-state index in [9.17, 15) is 5.21 Å². The number of pyridine rings is 1. The topological polar surface area (TPSA) is 48.0 Å². The quantitative estimate of drug-likeness (QED) is 0.683. The highest BCUT2D eigenvalue weighted by atomic mass is 79.9. The Labute approximate surface area is 60.8 Å². The molecule has 48 valence electrons. The van der Waals surface area contributed by atoms with Crippen molar-refractivity contribution < 1.29 is 0 Å². The molecule has 0 fully saturated rings. The molecule has 0 bridgehead atoms. The second kappa shape index (κ2) is 2.80. The van der Waals surface area contributed by atoms with Crippen LogP contribution in [0.2, 0.25) is 0 Å². The Morgan fingerprint density at radius 3 is 2.78 bits per heavy atom. The van der Waals surface area contributed by atoms with Crippen molar-refractivity contribution in [2.45, 2.75) is 0 Å². The van der Waals surface area contributed by atoms with E-state index in [0.29, 0.717) is 5.82 Å². The monoisotopic (exact) mass is 187 g/mol. The van der Waals surface area contributed by atoms with Crippen LogP contribution >= 0.6 is 15.9 Å². The molecule has 1 aromatic heterocycles. The van der Waals surface area contributed by atoms with Gasteiger partial charge in [0.15, 0.2) is 0 Å². The lowest BCUT2D eigenvalue weighted by molar-refractivity contribution is 1.30. The van der Waals surface area contributed by atoms with Crippen molar-refractivity contribution in [2.24, 2.45) is 0 Å². The van der Waals surface area contributed by atoms with Gasteiger partial charge in [0.05, 0.1) is 0 Å². The lowest BCUT2D eigenvalue weighted by Gasteiger charge is -2.05. The fourth-order valence-electron chi connectivity index (χ4n) is 0.436. The largest absolute Gasteiger partial charge is 0.760 e. The molecule has 1 N–H and O–H groups in total. The van der Waals surface area contributed by atoms with Gasteiger partial charge in [0.2, 0.25) is 0 Å². The summed E-state index contributed by atoms with van der Waals surface area (Å²) in [5.74, 6) is 0.332. The number of rotatable bonds is 1. The van der Waals surface area contributed by atoms with E-state index in [-0.39, 0.29) is 0 Å². The number of nitrogens with zero attached hydrogens (tertiary/aromatic N) is 1. The van der Waals surface area contributed by atoms with Crippen molar-refractivity contribution in [3.8, 4) is 0 Å². The Bertz CT molecular complexity index is 187. The summed E-state index contributed by atoms with van der Waals surface area (Å²) in [5, 5.41) is 9.91. The SMILES string of the molecule is [O-]Nc1ccc(Br)cn1. The van der Waals surface area contributed by atoms with Gasteiger partial charge in [0, 0.05) is 10.7 Å². The zero-order valence-electron chi connectivity index (χ0n) is 4.47. The van der Waals surface area contributed by atoms with E-state index < -0.39 is 0 Å². The summed E-state index contributed by atoms with van der Waals surface area (Å²) < 4.78 is 0.863. The first-order chi connectivity index (χ1) is 4.33. The van der Waals surface area contributed by atoms with Crippen LogP contribution in [-0.4, -0.2) is 4.98 Å². The van der Waals surface area contributed by atoms with Gasteiger partial charge in [-0.15, -0.1) is 0 Å². The zero-order valence-corrected chi connectivity index (χ0v) is 6.05. The molecule has 0 radical (unpaired) electrons. The van der Waals surface area contributed by atoms with E-state index in [2.05, 4.69) is 20.9 Å². The number of aromatic nitrogens is 1. The zero-order chi connectivity index (χ0) is 6.69. The molecule has 0 amide bonds. The molecular formula is C5H4BrN2O-. The first-order valence-corrected chi connectivity index (χ1v) is 3.12. The Hall–Kier alpha value is -0.610. The van der Waals surface area contributed by atoms with Crippen LogP contribution in [0.4, 0.5) is 5.82 Å². The minimum absolute atomic E-state index is 0.332. The third-order valence-electron chi connectivity index (χ3n) is 0.832. The van der Waals surface area contributed by atoms with Crippen molar-refractivity contribution in [1.29, 1.82) is 0 Å². The van der Waals surface area contributed by atoms with Gasteiger partial charge in [0.25, 0.3) is 0 Å². The van der Waals surface area contributed by atoms with Crippen LogP contribution in [0.25, 0.3) is 0 Å².